The summed E-state index contributed by atoms with van der Waals surface area (Å²) in [5, 5.41) is 7.10. The van der Waals surface area contributed by atoms with Gasteiger partial charge in [-0.2, -0.15) is 0 Å². The van der Waals surface area contributed by atoms with Gasteiger partial charge in [0.05, 0.1) is 11.8 Å². The van der Waals surface area contributed by atoms with Gasteiger partial charge in [-0.1, -0.05) is 5.16 Å². The molecule has 0 aromatic carbocycles. The van der Waals surface area contributed by atoms with E-state index in [2.05, 4.69) is 15.4 Å². The molecule has 6 heteroatoms. The van der Waals surface area contributed by atoms with Gasteiger partial charge in [-0.05, 0) is 57.9 Å². The minimum absolute atomic E-state index is 0.0913. The number of amides is 1. The van der Waals surface area contributed by atoms with Crippen molar-refractivity contribution < 1.29 is 14.1 Å². The van der Waals surface area contributed by atoms with Gasteiger partial charge in [0.25, 0.3) is 0 Å². The lowest BCUT2D eigenvalue weighted by Gasteiger charge is -2.33. The minimum Gasteiger partial charge on any atom is -0.364 e. The Morgan fingerprint density at radius 3 is 2.88 bits per heavy atom. The highest BCUT2D eigenvalue weighted by Gasteiger charge is 2.42. The molecule has 2 saturated heterocycles. The van der Waals surface area contributed by atoms with Crippen LogP contribution in [0, 0.1) is 25.7 Å². The molecule has 0 spiro atoms. The lowest BCUT2D eigenvalue weighted by atomic mass is 9.91. The van der Waals surface area contributed by atoms with E-state index in [9.17, 15) is 4.79 Å². The first-order chi connectivity index (χ1) is 11.6. The van der Waals surface area contributed by atoms with Crippen LogP contribution in [-0.2, 0) is 16.1 Å². The molecule has 1 amide bonds. The number of carbonyl (C=O) groups is 1. The van der Waals surface area contributed by atoms with Crippen LogP contribution in [0.5, 0.6) is 0 Å². The van der Waals surface area contributed by atoms with E-state index < -0.39 is 0 Å². The molecular weight excluding hydrogens is 306 g/mol. The molecule has 3 atom stereocenters. The first-order valence-electron chi connectivity index (χ1n) is 9.17. The minimum atomic E-state index is -0.252. The molecule has 3 heterocycles. The monoisotopic (exact) mass is 333 g/mol. The molecule has 1 aliphatic carbocycles. The van der Waals surface area contributed by atoms with Crippen molar-refractivity contribution in [2.45, 2.75) is 58.3 Å². The Bertz CT molecular complexity index is 591. The van der Waals surface area contributed by atoms with E-state index in [4.69, 9.17) is 9.26 Å². The Morgan fingerprint density at radius 2 is 2.17 bits per heavy atom. The first-order valence-corrected chi connectivity index (χ1v) is 9.17. The Kier molecular flexibility index (Phi) is 4.35. The quantitative estimate of drug-likeness (QED) is 0.890. The highest BCUT2D eigenvalue weighted by atomic mass is 16.5. The van der Waals surface area contributed by atoms with Crippen molar-refractivity contribution in [2.24, 2.45) is 11.8 Å². The SMILES string of the molecule is Cc1noc(C)c1CN1CC[C@@H]2C[C@H](C(=O)NCC3CC3)O[C@H]2C1. The van der Waals surface area contributed by atoms with Crippen LogP contribution in [0.4, 0.5) is 0 Å². The second kappa shape index (κ2) is 6.48. The van der Waals surface area contributed by atoms with E-state index in [1.54, 1.807) is 0 Å². The highest BCUT2D eigenvalue weighted by molar-refractivity contribution is 5.81. The van der Waals surface area contributed by atoms with Crippen molar-refractivity contribution in [2.75, 3.05) is 19.6 Å². The Hall–Kier alpha value is -1.40. The van der Waals surface area contributed by atoms with Crippen molar-refractivity contribution in [1.29, 1.82) is 0 Å². The van der Waals surface area contributed by atoms with Crippen LogP contribution in [0.25, 0.3) is 0 Å². The topological polar surface area (TPSA) is 67.6 Å². The average molecular weight is 333 g/mol. The molecule has 1 N–H and O–H groups in total. The maximum Gasteiger partial charge on any atom is 0.249 e. The number of rotatable bonds is 5. The van der Waals surface area contributed by atoms with Crippen molar-refractivity contribution in [3.05, 3.63) is 17.0 Å². The lowest BCUT2D eigenvalue weighted by molar-refractivity contribution is -0.132. The predicted octanol–water partition coefficient (Wildman–Crippen LogP) is 1.80. The second-order valence-electron chi connectivity index (χ2n) is 7.67. The largest absolute Gasteiger partial charge is 0.364 e. The molecule has 4 rings (SSSR count). The highest BCUT2D eigenvalue weighted by Crippen LogP contribution is 2.34. The van der Waals surface area contributed by atoms with Crippen molar-refractivity contribution in [3.8, 4) is 0 Å². The van der Waals surface area contributed by atoms with Gasteiger partial charge < -0.3 is 14.6 Å². The molecule has 2 aliphatic heterocycles. The van der Waals surface area contributed by atoms with E-state index in [1.165, 1.54) is 18.4 Å². The zero-order valence-electron chi connectivity index (χ0n) is 14.6. The first kappa shape index (κ1) is 16.1. The summed E-state index contributed by atoms with van der Waals surface area (Å²) < 4.78 is 11.4. The Balaban J connectivity index is 1.31. The molecule has 3 fully saturated rings. The number of piperidine rings is 1. The summed E-state index contributed by atoms with van der Waals surface area (Å²) in [5.74, 6) is 2.22. The molecule has 1 aromatic heterocycles. The van der Waals surface area contributed by atoms with Gasteiger partial charge in [-0.15, -0.1) is 0 Å². The van der Waals surface area contributed by atoms with Gasteiger partial charge in [0.2, 0.25) is 5.91 Å². The maximum absolute atomic E-state index is 12.3. The third-order valence-corrected chi connectivity index (χ3v) is 5.75. The summed E-state index contributed by atoms with van der Waals surface area (Å²) in [5.41, 5.74) is 2.16. The Labute approximate surface area is 142 Å². The van der Waals surface area contributed by atoms with Crippen LogP contribution in [0.2, 0.25) is 0 Å². The Morgan fingerprint density at radius 1 is 1.33 bits per heavy atom. The molecule has 0 bridgehead atoms. The van der Waals surface area contributed by atoms with E-state index in [-0.39, 0.29) is 18.1 Å². The third kappa shape index (κ3) is 3.35. The van der Waals surface area contributed by atoms with Gasteiger partial charge in [0.1, 0.15) is 11.9 Å². The van der Waals surface area contributed by atoms with Gasteiger partial charge in [-0.25, -0.2) is 0 Å². The van der Waals surface area contributed by atoms with Gasteiger partial charge >= 0.3 is 0 Å². The van der Waals surface area contributed by atoms with Crippen LogP contribution >= 0.6 is 0 Å². The normalized spacial score (nSPS) is 30.3. The van der Waals surface area contributed by atoms with Crippen LogP contribution in [0.15, 0.2) is 4.52 Å². The molecular formula is C18H27N3O3. The number of nitrogens with zero attached hydrogens (tertiary/aromatic N) is 2. The molecule has 132 valence electrons. The standard InChI is InChI=1S/C18H27N3O3/c1-11-15(12(2)24-20-11)9-21-6-5-14-7-16(23-17(14)10-21)18(22)19-8-13-3-4-13/h13-14,16-17H,3-10H2,1-2H3,(H,19,22)/t14-,16-,17+/m1/s1. The summed E-state index contributed by atoms with van der Waals surface area (Å²) in [6.07, 6.45) is 4.41. The molecule has 1 saturated carbocycles. The lowest BCUT2D eigenvalue weighted by Crippen LogP contribution is -2.42. The molecule has 6 nitrogen and oxygen atoms in total. The molecule has 3 aliphatic rings. The molecule has 1 aromatic rings. The fourth-order valence-corrected chi connectivity index (χ4v) is 3.94. The van der Waals surface area contributed by atoms with Crippen molar-refractivity contribution in [3.63, 3.8) is 0 Å². The summed E-state index contributed by atoms with van der Waals surface area (Å²) in [6, 6.07) is 0. The summed E-state index contributed by atoms with van der Waals surface area (Å²) in [6.45, 7) is 7.57. The van der Waals surface area contributed by atoms with Crippen molar-refractivity contribution >= 4 is 5.91 Å². The zero-order chi connectivity index (χ0) is 16.7. The number of aryl methyl sites for hydroxylation is 2. The van der Waals surface area contributed by atoms with Crippen LogP contribution in [-0.4, -0.2) is 47.8 Å². The average Bonchev–Trinajstić information content (AvgIpc) is 3.23. The van der Waals surface area contributed by atoms with E-state index >= 15 is 0 Å². The summed E-state index contributed by atoms with van der Waals surface area (Å²) in [4.78, 5) is 14.7. The van der Waals surface area contributed by atoms with Gasteiger partial charge in [0.15, 0.2) is 0 Å². The zero-order valence-corrected chi connectivity index (χ0v) is 14.6. The summed E-state index contributed by atoms with van der Waals surface area (Å²) in [7, 11) is 0. The number of ether oxygens (including phenoxy) is 1. The van der Waals surface area contributed by atoms with E-state index in [1.807, 2.05) is 13.8 Å². The fourth-order valence-electron chi connectivity index (χ4n) is 3.94. The number of hydrogen-bond acceptors (Lipinski definition) is 5. The van der Waals surface area contributed by atoms with Crippen LogP contribution < -0.4 is 5.32 Å². The molecule has 24 heavy (non-hydrogen) atoms. The van der Waals surface area contributed by atoms with Crippen LogP contribution in [0.1, 0.15) is 42.7 Å². The second-order valence-corrected chi connectivity index (χ2v) is 7.67. The molecule has 0 radical (unpaired) electrons. The summed E-state index contributed by atoms with van der Waals surface area (Å²) >= 11 is 0. The number of aromatic nitrogens is 1. The number of hydrogen-bond donors (Lipinski definition) is 1. The number of nitrogens with one attached hydrogen (secondary N) is 1. The number of fused-ring (bicyclic) bond motifs is 1. The van der Waals surface area contributed by atoms with Crippen LogP contribution in [0.3, 0.4) is 0 Å². The fraction of sp³-hybridized carbons (Fsp3) is 0.778. The predicted molar refractivity (Wildman–Crippen MR) is 88.4 cm³/mol. The van der Waals surface area contributed by atoms with E-state index in [0.29, 0.717) is 11.8 Å². The van der Waals surface area contributed by atoms with Crippen molar-refractivity contribution in [1.82, 2.24) is 15.4 Å². The smallest absolute Gasteiger partial charge is 0.249 e. The van der Waals surface area contributed by atoms with Gasteiger partial charge in [-0.3, -0.25) is 9.69 Å². The van der Waals surface area contributed by atoms with E-state index in [0.717, 1.165) is 50.5 Å². The third-order valence-electron chi connectivity index (χ3n) is 5.75. The molecule has 0 unspecified atom stereocenters. The van der Waals surface area contributed by atoms with Gasteiger partial charge in [0, 0.05) is 25.2 Å². The maximum atomic E-state index is 12.3. The number of likely N-dealkylation sites (tertiary alicyclic amines) is 1. The number of carbonyl (C=O) groups excluding carboxylic acids is 1.